The average Bonchev–Trinajstić information content (AvgIpc) is 3.08. The van der Waals surface area contributed by atoms with Gasteiger partial charge in [-0.1, -0.05) is 20.4 Å². The summed E-state index contributed by atoms with van der Waals surface area (Å²) in [4.78, 5) is 2.72. The minimum Gasteiger partial charge on any atom is -0.392 e. The normalized spacial score (nSPS) is 63.5. The Kier molecular flexibility index (Phi) is 3.23. The number of nitrogens with zero attached hydrogens (tertiary/aromatic N) is 1. The van der Waals surface area contributed by atoms with Gasteiger partial charge >= 0.3 is 0 Å². The molecule has 11 atom stereocenters. The van der Waals surface area contributed by atoms with Crippen LogP contribution in [0.25, 0.3) is 0 Å². The topological polar surface area (TPSA) is 52.9 Å². The first-order valence-electron chi connectivity index (χ1n) is 11.2. The molecule has 150 valence electrons. The third-order valence-electron chi connectivity index (χ3n) is 10.8. The van der Waals surface area contributed by atoms with Crippen molar-refractivity contribution in [3.8, 4) is 0 Å². The van der Waals surface area contributed by atoms with E-state index < -0.39 is 6.10 Å². The fourth-order valence-electron chi connectivity index (χ4n) is 10.3. The highest BCUT2D eigenvalue weighted by atomic mass is 16.5. The molecule has 0 amide bonds. The molecule has 1 aliphatic heterocycles. The van der Waals surface area contributed by atoms with Gasteiger partial charge in [0.05, 0.1) is 18.3 Å². The summed E-state index contributed by atoms with van der Waals surface area (Å²) >= 11 is 0. The van der Waals surface area contributed by atoms with Crippen LogP contribution in [0, 0.1) is 39.9 Å². The molecule has 6 aliphatic carbocycles. The van der Waals surface area contributed by atoms with Crippen LogP contribution in [0.3, 0.4) is 0 Å². The van der Waals surface area contributed by atoms with Crippen molar-refractivity contribution in [3.05, 3.63) is 12.2 Å². The molecule has 11 unspecified atom stereocenters. The van der Waals surface area contributed by atoms with Crippen molar-refractivity contribution in [2.45, 2.75) is 70.3 Å². The zero-order valence-corrected chi connectivity index (χ0v) is 17.0. The van der Waals surface area contributed by atoms with Gasteiger partial charge in [0.25, 0.3) is 0 Å². The molecular weight excluding hydrogens is 338 g/mol. The number of rotatable bonds is 2. The Labute approximate surface area is 163 Å². The summed E-state index contributed by atoms with van der Waals surface area (Å²) in [7, 11) is 1.88. The maximum Gasteiger partial charge on any atom is 0.0814 e. The number of ether oxygens (including phenoxy) is 1. The van der Waals surface area contributed by atoms with Gasteiger partial charge in [-0.15, -0.1) is 0 Å². The Morgan fingerprint density at radius 1 is 1.26 bits per heavy atom. The molecule has 1 saturated heterocycles. The molecule has 0 aromatic heterocycles. The first-order chi connectivity index (χ1) is 12.9. The molecule has 1 heterocycles. The van der Waals surface area contributed by atoms with E-state index in [1.807, 2.05) is 7.11 Å². The summed E-state index contributed by atoms with van der Waals surface area (Å²) < 4.78 is 6.24. The average molecular weight is 374 g/mol. The van der Waals surface area contributed by atoms with Crippen molar-refractivity contribution in [1.82, 2.24) is 4.90 Å². The molecule has 7 aliphatic rings. The molecule has 7 rings (SSSR count). The van der Waals surface area contributed by atoms with Crippen molar-refractivity contribution >= 4 is 0 Å². The van der Waals surface area contributed by atoms with Crippen molar-refractivity contribution in [2.75, 3.05) is 20.2 Å². The maximum atomic E-state index is 11.6. The molecular formula is C23H35NO3. The molecule has 2 spiro atoms. The van der Waals surface area contributed by atoms with E-state index in [-0.39, 0.29) is 34.9 Å². The van der Waals surface area contributed by atoms with E-state index in [9.17, 15) is 10.2 Å². The van der Waals surface area contributed by atoms with Crippen molar-refractivity contribution in [1.29, 1.82) is 0 Å². The number of aliphatic hydroxyl groups is 2. The fraction of sp³-hybridized carbons (Fsp3) is 0.913. The van der Waals surface area contributed by atoms with E-state index in [0.29, 0.717) is 23.3 Å². The summed E-state index contributed by atoms with van der Waals surface area (Å²) in [6, 6.07) is 0.449. The molecule has 2 N–H and O–H groups in total. The first kappa shape index (κ1) is 17.4. The van der Waals surface area contributed by atoms with Gasteiger partial charge in [-0.25, -0.2) is 0 Å². The van der Waals surface area contributed by atoms with Gasteiger partial charge in [0, 0.05) is 42.4 Å². The van der Waals surface area contributed by atoms with Crippen LogP contribution in [0.15, 0.2) is 12.2 Å². The molecule has 4 heteroatoms. The van der Waals surface area contributed by atoms with Crippen LogP contribution >= 0.6 is 0 Å². The highest BCUT2D eigenvalue weighted by Crippen LogP contribution is 2.83. The van der Waals surface area contributed by atoms with Gasteiger partial charge < -0.3 is 14.9 Å². The lowest BCUT2D eigenvalue weighted by atomic mass is 9.38. The van der Waals surface area contributed by atoms with E-state index in [1.165, 1.54) is 19.4 Å². The Balaban J connectivity index is 1.63. The van der Waals surface area contributed by atoms with E-state index in [0.717, 1.165) is 31.4 Å². The highest BCUT2D eigenvalue weighted by Gasteiger charge is 2.86. The SMILES string of the molecule is C=C1C2CCC3(C1O)C1CC4C5(C)CCC(OC)C4(C1N(CC)C5)C3C2O. The smallest absolute Gasteiger partial charge is 0.0814 e. The Morgan fingerprint density at radius 3 is 2.74 bits per heavy atom. The van der Waals surface area contributed by atoms with Gasteiger partial charge in [0.2, 0.25) is 0 Å². The quantitative estimate of drug-likeness (QED) is 0.730. The van der Waals surface area contributed by atoms with E-state index >= 15 is 0 Å². The van der Waals surface area contributed by atoms with Gasteiger partial charge in [-0.2, -0.15) is 0 Å². The molecule has 27 heavy (non-hydrogen) atoms. The Morgan fingerprint density at radius 2 is 2.04 bits per heavy atom. The Hall–Kier alpha value is -0.420. The second kappa shape index (κ2) is 5.00. The third-order valence-corrected chi connectivity index (χ3v) is 10.8. The van der Waals surface area contributed by atoms with Crippen LogP contribution in [-0.2, 0) is 4.74 Å². The second-order valence-corrected chi connectivity index (χ2v) is 11.0. The second-order valence-electron chi connectivity index (χ2n) is 11.0. The maximum absolute atomic E-state index is 11.6. The van der Waals surface area contributed by atoms with E-state index in [4.69, 9.17) is 4.74 Å². The third kappa shape index (κ3) is 1.52. The predicted molar refractivity (Wildman–Crippen MR) is 103 cm³/mol. The summed E-state index contributed by atoms with van der Waals surface area (Å²) in [5.41, 5.74) is 1.05. The number of methoxy groups -OCH3 is 1. The largest absolute Gasteiger partial charge is 0.392 e. The molecule has 0 aromatic rings. The van der Waals surface area contributed by atoms with Crippen LogP contribution in [-0.4, -0.2) is 59.7 Å². The van der Waals surface area contributed by atoms with Crippen LogP contribution in [0.2, 0.25) is 0 Å². The summed E-state index contributed by atoms with van der Waals surface area (Å²) in [5, 5.41) is 23.1. The minimum atomic E-state index is -0.444. The van der Waals surface area contributed by atoms with Crippen LogP contribution < -0.4 is 0 Å². The lowest BCUT2D eigenvalue weighted by molar-refractivity contribution is -0.260. The van der Waals surface area contributed by atoms with Crippen molar-refractivity contribution < 1.29 is 14.9 Å². The van der Waals surface area contributed by atoms with Crippen LogP contribution in [0.1, 0.15) is 46.0 Å². The van der Waals surface area contributed by atoms with Gasteiger partial charge in [0.15, 0.2) is 0 Å². The number of piperidine rings is 1. The molecule has 0 aromatic carbocycles. The van der Waals surface area contributed by atoms with Crippen molar-refractivity contribution in [3.63, 3.8) is 0 Å². The lowest BCUT2D eigenvalue weighted by Gasteiger charge is -2.69. The van der Waals surface area contributed by atoms with Gasteiger partial charge in [0.1, 0.15) is 0 Å². The number of hydrogen-bond acceptors (Lipinski definition) is 4. The van der Waals surface area contributed by atoms with Crippen molar-refractivity contribution in [2.24, 2.45) is 39.9 Å². The molecule has 7 fully saturated rings. The number of hydrogen-bond donors (Lipinski definition) is 2. The summed E-state index contributed by atoms with van der Waals surface area (Å²) in [6.07, 6.45) is 4.99. The number of aliphatic hydroxyl groups excluding tert-OH is 2. The van der Waals surface area contributed by atoms with Crippen LogP contribution in [0.4, 0.5) is 0 Å². The van der Waals surface area contributed by atoms with E-state index in [1.54, 1.807) is 0 Å². The van der Waals surface area contributed by atoms with Gasteiger partial charge in [-0.05, 0) is 61.5 Å². The summed E-state index contributed by atoms with van der Waals surface area (Å²) in [5.74, 6) is 1.32. The lowest BCUT2D eigenvalue weighted by Crippen LogP contribution is -2.72. The molecule has 6 saturated carbocycles. The Bertz CT molecular complexity index is 710. The standard InChI is InChI=1S/C23H35NO3/c1-5-24-11-21(3)8-7-16(27-4)23-15(21)10-14(19(23)24)22-9-6-13(12(2)20(22)26)17(25)18(22)23/h13-20,25-26H,2,5-11H2,1,3-4H3. The number of fused-ring (bicyclic) bond motifs is 2. The van der Waals surface area contributed by atoms with Crippen LogP contribution in [0.5, 0.6) is 0 Å². The number of likely N-dealkylation sites (tertiary alicyclic amines) is 1. The minimum absolute atomic E-state index is 0.000440. The fourth-order valence-corrected chi connectivity index (χ4v) is 10.3. The molecule has 4 nitrogen and oxygen atoms in total. The monoisotopic (exact) mass is 373 g/mol. The van der Waals surface area contributed by atoms with Gasteiger partial charge in [-0.3, -0.25) is 4.90 Å². The zero-order chi connectivity index (χ0) is 18.9. The zero-order valence-electron chi connectivity index (χ0n) is 17.0. The summed E-state index contributed by atoms with van der Waals surface area (Å²) in [6.45, 7) is 11.3. The highest BCUT2D eigenvalue weighted by molar-refractivity contribution is 5.39. The first-order valence-corrected chi connectivity index (χ1v) is 11.2. The predicted octanol–water partition coefficient (Wildman–Crippen LogP) is 2.45. The molecule has 7 bridgehead atoms. The van der Waals surface area contributed by atoms with E-state index in [2.05, 4.69) is 25.3 Å². The molecule has 0 radical (unpaired) electrons.